The second-order valence-corrected chi connectivity index (χ2v) is 6.52. The van der Waals surface area contributed by atoms with Gasteiger partial charge in [0, 0.05) is 46.8 Å². The van der Waals surface area contributed by atoms with Gasteiger partial charge in [-0.15, -0.1) is 0 Å². The van der Waals surface area contributed by atoms with E-state index in [9.17, 15) is 9.59 Å². The average Bonchev–Trinajstić information content (AvgIpc) is 2.59. The van der Waals surface area contributed by atoms with Gasteiger partial charge in [-0.1, -0.05) is 24.3 Å². The number of benzene rings is 1. The minimum atomic E-state index is -0.189. The fraction of sp³-hybridized carbons (Fsp3) is 0.556. The summed E-state index contributed by atoms with van der Waals surface area (Å²) < 4.78 is 0. The Morgan fingerprint density at radius 1 is 1.17 bits per heavy atom. The molecule has 0 aromatic heterocycles. The SMILES string of the molecule is Cc1ccccc1CNC(=O)C(C)N1CCN(C(=O)N(C)C)CC1. The minimum absolute atomic E-state index is 0.0330. The Morgan fingerprint density at radius 2 is 1.79 bits per heavy atom. The number of nitrogens with zero attached hydrogens (tertiary/aromatic N) is 3. The zero-order valence-corrected chi connectivity index (χ0v) is 15.1. The highest BCUT2D eigenvalue weighted by atomic mass is 16.2. The van der Waals surface area contributed by atoms with Crippen molar-refractivity contribution in [2.75, 3.05) is 40.3 Å². The molecule has 0 aliphatic carbocycles. The van der Waals surface area contributed by atoms with E-state index in [4.69, 9.17) is 0 Å². The van der Waals surface area contributed by atoms with Crippen LogP contribution in [0.4, 0.5) is 4.79 Å². The van der Waals surface area contributed by atoms with Gasteiger partial charge in [-0.25, -0.2) is 4.79 Å². The predicted molar refractivity (Wildman–Crippen MR) is 94.7 cm³/mol. The number of rotatable bonds is 4. The lowest BCUT2D eigenvalue weighted by atomic mass is 10.1. The Balaban J connectivity index is 1.82. The lowest BCUT2D eigenvalue weighted by Gasteiger charge is -2.38. The molecule has 6 nitrogen and oxygen atoms in total. The summed E-state index contributed by atoms with van der Waals surface area (Å²) in [7, 11) is 3.52. The van der Waals surface area contributed by atoms with Crippen molar-refractivity contribution in [3.63, 3.8) is 0 Å². The molecule has 132 valence electrons. The van der Waals surface area contributed by atoms with E-state index in [1.54, 1.807) is 19.0 Å². The van der Waals surface area contributed by atoms with Crippen LogP contribution in [0.5, 0.6) is 0 Å². The minimum Gasteiger partial charge on any atom is -0.351 e. The quantitative estimate of drug-likeness (QED) is 0.904. The molecule has 0 bridgehead atoms. The molecule has 1 N–H and O–H groups in total. The summed E-state index contributed by atoms with van der Waals surface area (Å²) in [4.78, 5) is 29.9. The lowest BCUT2D eigenvalue weighted by molar-refractivity contribution is -0.126. The highest BCUT2D eigenvalue weighted by molar-refractivity contribution is 5.81. The standard InChI is InChI=1S/C18H28N4O2/c1-14-7-5-6-8-16(14)13-19-17(23)15(2)21-9-11-22(12-10-21)18(24)20(3)4/h5-8,15H,9-13H2,1-4H3,(H,19,23). The van der Waals surface area contributed by atoms with Gasteiger partial charge in [-0.2, -0.15) is 0 Å². The molecule has 6 heteroatoms. The molecule has 0 radical (unpaired) electrons. The Kier molecular flexibility index (Phi) is 6.20. The Bertz CT molecular complexity index is 580. The molecule has 1 atom stereocenters. The fourth-order valence-corrected chi connectivity index (χ4v) is 2.89. The van der Waals surface area contributed by atoms with E-state index in [0.29, 0.717) is 19.6 Å². The molecule has 1 aromatic carbocycles. The number of carbonyl (C=O) groups is 2. The number of carbonyl (C=O) groups excluding carboxylic acids is 2. The first-order valence-electron chi connectivity index (χ1n) is 8.42. The molecule has 3 amide bonds. The molecule has 24 heavy (non-hydrogen) atoms. The van der Waals surface area contributed by atoms with E-state index >= 15 is 0 Å². The van der Waals surface area contributed by atoms with Crippen LogP contribution in [0, 0.1) is 6.92 Å². The molecule has 1 aliphatic heterocycles. The number of hydrogen-bond donors (Lipinski definition) is 1. The van der Waals surface area contributed by atoms with Crippen LogP contribution in [0.15, 0.2) is 24.3 Å². The van der Waals surface area contributed by atoms with E-state index in [-0.39, 0.29) is 18.0 Å². The topological polar surface area (TPSA) is 55.9 Å². The van der Waals surface area contributed by atoms with Crippen LogP contribution in [0.1, 0.15) is 18.1 Å². The first-order valence-corrected chi connectivity index (χ1v) is 8.42. The van der Waals surface area contributed by atoms with E-state index in [2.05, 4.69) is 10.2 Å². The van der Waals surface area contributed by atoms with E-state index in [0.717, 1.165) is 18.7 Å². The van der Waals surface area contributed by atoms with Crippen molar-refractivity contribution in [1.29, 1.82) is 0 Å². The molecule has 1 aromatic rings. The van der Waals surface area contributed by atoms with Crippen LogP contribution in [0.25, 0.3) is 0 Å². The van der Waals surface area contributed by atoms with Crippen LogP contribution in [-0.2, 0) is 11.3 Å². The second-order valence-electron chi connectivity index (χ2n) is 6.52. The second kappa shape index (κ2) is 8.15. The van der Waals surface area contributed by atoms with Crippen molar-refractivity contribution >= 4 is 11.9 Å². The molecular formula is C18H28N4O2. The molecule has 0 spiro atoms. The van der Waals surface area contributed by atoms with Crippen LogP contribution >= 0.6 is 0 Å². The van der Waals surface area contributed by atoms with Gasteiger partial charge >= 0.3 is 6.03 Å². The van der Waals surface area contributed by atoms with Gasteiger partial charge in [-0.3, -0.25) is 9.69 Å². The summed E-state index contributed by atoms with van der Waals surface area (Å²) in [5, 5.41) is 3.02. The molecular weight excluding hydrogens is 304 g/mol. The highest BCUT2D eigenvalue weighted by Gasteiger charge is 2.27. The molecule has 0 saturated carbocycles. The van der Waals surface area contributed by atoms with E-state index in [1.165, 1.54) is 5.56 Å². The summed E-state index contributed by atoms with van der Waals surface area (Å²) in [5.41, 5.74) is 2.32. The molecule has 1 heterocycles. The summed E-state index contributed by atoms with van der Waals surface area (Å²) >= 11 is 0. The third kappa shape index (κ3) is 4.47. The van der Waals surface area contributed by atoms with Crippen LogP contribution in [0.3, 0.4) is 0 Å². The van der Waals surface area contributed by atoms with Crippen LogP contribution in [-0.4, -0.2) is 73.0 Å². The van der Waals surface area contributed by atoms with Gasteiger partial charge in [0.15, 0.2) is 0 Å². The summed E-state index contributed by atoms with van der Waals surface area (Å²) in [6, 6.07) is 7.91. The zero-order valence-electron chi connectivity index (χ0n) is 15.1. The molecule has 1 unspecified atom stereocenters. The number of nitrogens with one attached hydrogen (secondary N) is 1. The number of amides is 3. The predicted octanol–water partition coefficient (Wildman–Crippen LogP) is 1.30. The Hall–Kier alpha value is -2.08. The molecule has 1 saturated heterocycles. The van der Waals surface area contributed by atoms with Crippen molar-refractivity contribution in [1.82, 2.24) is 20.0 Å². The Morgan fingerprint density at radius 3 is 2.38 bits per heavy atom. The third-order valence-corrected chi connectivity index (χ3v) is 4.61. The smallest absolute Gasteiger partial charge is 0.319 e. The largest absolute Gasteiger partial charge is 0.351 e. The zero-order chi connectivity index (χ0) is 17.7. The highest BCUT2D eigenvalue weighted by Crippen LogP contribution is 2.10. The first kappa shape index (κ1) is 18.3. The van der Waals surface area contributed by atoms with Crippen molar-refractivity contribution < 1.29 is 9.59 Å². The van der Waals surface area contributed by atoms with Gasteiger partial charge < -0.3 is 15.1 Å². The summed E-state index contributed by atoms with van der Waals surface area (Å²) in [6.07, 6.45) is 0. The fourth-order valence-electron chi connectivity index (χ4n) is 2.89. The Labute approximate surface area is 144 Å². The molecule has 2 rings (SSSR count). The third-order valence-electron chi connectivity index (χ3n) is 4.61. The number of piperazine rings is 1. The van der Waals surface area contributed by atoms with Crippen molar-refractivity contribution in [2.24, 2.45) is 0 Å². The number of urea groups is 1. The van der Waals surface area contributed by atoms with Gasteiger partial charge in [0.1, 0.15) is 0 Å². The van der Waals surface area contributed by atoms with Gasteiger partial charge in [0.25, 0.3) is 0 Å². The van der Waals surface area contributed by atoms with Crippen LogP contribution < -0.4 is 5.32 Å². The van der Waals surface area contributed by atoms with Gasteiger partial charge in [0.05, 0.1) is 6.04 Å². The molecule has 1 aliphatic rings. The normalized spacial score (nSPS) is 16.6. The lowest BCUT2D eigenvalue weighted by Crippen LogP contribution is -2.56. The summed E-state index contributed by atoms with van der Waals surface area (Å²) in [6.45, 7) is 7.29. The maximum Gasteiger partial charge on any atom is 0.319 e. The van der Waals surface area contributed by atoms with Gasteiger partial charge in [-0.05, 0) is 25.0 Å². The maximum absolute atomic E-state index is 12.4. The van der Waals surface area contributed by atoms with Crippen LogP contribution in [0.2, 0.25) is 0 Å². The number of hydrogen-bond acceptors (Lipinski definition) is 3. The monoisotopic (exact) mass is 332 g/mol. The van der Waals surface area contributed by atoms with Crippen molar-refractivity contribution in [3.8, 4) is 0 Å². The van der Waals surface area contributed by atoms with E-state index in [1.807, 2.05) is 43.0 Å². The maximum atomic E-state index is 12.4. The van der Waals surface area contributed by atoms with Crippen molar-refractivity contribution in [2.45, 2.75) is 26.4 Å². The number of aryl methyl sites for hydroxylation is 1. The van der Waals surface area contributed by atoms with Gasteiger partial charge in [0.2, 0.25) is 5.91 Å². The van der Waals surface area contributed by atoms with E-state index < -0.39 is 0 Å². The molecule has 1 fully saturated rings. The first-order chi connectivity index (χ1) is 11.4. The summed E-state index contributed by atoms with van der Waals surface area (Å²) in [5.74, 6) is 0.0330. The average molecular weight is 332 g/mol. The van der Waals surface area contributed by atoms with Crippen molar-refractivity contribution in [3.05, 3.63) is 35.4 Å².